The van der Waals surface area contributed by atoms with Gasteiger partial charge in [-0.1, -0.05) is 54.6 Å². The van der Waals surface area contributed by atoms with Crippen molar-refractivity contribution in [3.05, 3.63) is 95.6 Å². The smallest absolute Gasteiger partial charge is 0.0919 e. The molecule has 0 radical (unpaired) electrons. The highest BCUT2D eigenvalue weighted by Crippen LogP contribution is 2.48. The van der Waals surface area contributed by atoms with Gasteiger partial charge in [0.25, 0.3) is 0 Å². The molecule has 3 aromatic carbocycles. The molecule has 0 spiro atoms. The van der Waals surface area contributed by atoms with Crippen LogP contribution in [-0.4, -0.2) is 32.6 Å². The van der Waals surface area contributed by atoms with Gasteiger partial charge in [0.2, 0.25) is 0 Å². The second-order valence-corrected chi connectivity index (χ2v) is 8.87. The quantitative estimate of drug-likeness (QED) is 0.317. The van der Waals surface area contributed by atoms with Crippen LogP contribution in [0.15, 0.2) is 78.9 Å². The average molecular weight is 434 g/mol. The van der Waals surface area contributed by atoms with E-state index in [1.54, 1.807) is 11.8 Å². The number of benzene rings is 3. The van der Waals surface area contributed by atoms with E-state index in [9.17, 15) is 0 Å². The van der Waals surface area contributed by atoms with Crippen LogP contribution in [0.4, 0.5) is 11.4 Å². The molecule has 0 amide bonds. The van der Waals surface area contributed by atoms with E-state index in [-0.39, 0.29) is 4.75 Å². The fourth-order valence-electron chi connectivity index (χ4n) is 4.18. The lowest BCUT2D eigenvalue weighted by molar-refractivity contribution is 0.859. The van der Waals surface area contributed by atoms with Gasteiger partial charge in [-0.3, -0.25) is 0 Å². The van der Waals surface area contributed by atoms with Crippen LogP contribution in [0.25, 0.3) is 0 Å². The normalized spacial score (nSPS) is 12.9. The van der Waals surface area contributed by atoms with Crippen molar-refractivity contribution in [2.24, 2.45) is 5.73 Å². The summed E-state index contributed by atoms with van der Waals surface area (Å²) in [5.41, 5.74) is 12.4. The standard InChI is InChI=1S/C27H35N3S/c1-5-29(4)25-17-13-23(14-18-25)27(31-21-28,22-11-9-8-10-12-22)24-15-19-26(20-16-24)30(6-2)7-3/h8-20H,5-7,21,28H2,1-4H3. The van der Waals surface area contributed by atoms with Crippen LogP contribution in [0.5, 0.6) is 0 Å². The monoisotopic (exact) mass is 433 g/mol. The Bertz CT molecular complexity index is 921. The van der Waals surface area contributed by atoms with E-state index < -0.39 is 0 Å². The van der Waals surface area contributed by atoms with Crippen molar-refractivity contribution in [1.29, 1.82) is 0 Å². The lowest BCUT2D eigenvalue weighted by Crippen LogP contribution is -2.28. The first-order chi connectivity index (χ1) is 15.1. The minimum absolute atomic E-state index is 0.360. The Hall–Kier alpha value is -2.43. The molecule has 0 bridgehead atoms. The van der Waals surface area contributed by atoms with E-state index in [1.165, 1.54) is 28.1 Å². The first-order valence-electron chi connectivity index (χ1n) is 11.2. The minimum atomic E-state index is -0.360. The Morgan fingerprint density at radius 2 is 1.16 bits per heavy atom. The van der Waals surface area contributed by atoms with E-state index >= 15 is 0 Å². The Morgan fingerprint density at radius 1 is 0.677 bits per heavy atom. The van der Waals surface area contributed by atoms with Crippen molar-refractivity contribution in [3.8, 4) is 0 Å². The Labute approximate surface area is 192 Å². The molecule has 0 aromatic heterocycles. The Kier molecular flexibility index (Phi) is 8.05. The van der Waals surface area contributed by atoms with Crippen LogP contribution in [-0.2, 0) is 4.75 Å². The molecule has 0 fully saturated rings. The average Bonchev–Trinajstić information content (AvgIpc) is 2.84. The molecule has 31 heavy (non-hydrogen) atoms. The van der Waals surface area contributed by atoms with E-state index in [1.807, 2.05) is 0 Å². The van der Waals surface area contributed by atoms with Gasteiger partial charge >= 0.3 is 0 Å². The van der Waals surface area contributed by atoms with Crippen LogP contribution >= 0.6 is 11.8 Å². The zero-order chi connectivity index (χ0) is 22.3. The molecule has 0 aliphatic rings. The molecule has 4 heteroatoms. The molecule has 0 aliphatic carbocycles. The van der Waals surface area contributed by atoms with E-state index in [0.717, 1.165) is 19.6 Å². The summed E-state index contributed by atoms with van der Waals surface area (Å²) < 4.78 is -0.360. The van der Waals surface area contributed by atoms with Crippen LogP contribution in [0.2, 0.25) is 0 Å². The zero-order valence-corrected chi connectivity index (χ0v) is 20.0. The minimum Gasteiger partial charge on any atom is -0.375 e. The lowest BCUT2D eigenvalue weighted by Gasteiger charge is -2.36. The fraction of sp³-hybridized carbons (Fsp3) is 0.333. The molecular weight excluding hydrogens is 398 g/mol. The summed E-state index contributed by atoms with van der Waals surface area (Å²) >= 11 is 1.78. The molecule has 0 saturated carbocycles. The number of hydrogen-bond donors (Lipinski definition) is 1. The summed E-state index contributed by atoms with van der Waals surface area (Å²) in [6, 6.07) is 28.7. The van der Waals surface area contributed by atoms with Crippen molar-refractivity contribution >= 4 is 23.1 Å². The van der Waals surface area contributed by atoms with Crippen LogP contribution in [0, 0.1) is 0 Å². The molecule has 1 atom stereocenters. The second-order valence-electron chi connectivity index (χ2n) is 7.64. The van der Waals surface area contributed by atoms with Crippen molar-refractivity contribution in [2.45, 2.75) is 25.5 Å². The lowest BCUT2D eigenvalue weighted by atomic mass is 9.83. The van der Waals surface area contributed by atoms with Gasteiger partial charge in [0.05, 0.1) is 4.75 Å². The largest absolute Gasteiger partial charge is 0.375 e. The number of thioether (sulfide) groups is 1. The molecule has 1 unspecified atom stereocenters. The molecule has 3 aromatic rings. The third-order valence-corrected chi connectivity index (χ3v) is 7.38. The van der Waals surface area contributed by atoms with Crippen molar-refractivity contribution in [3.63, 3.8) is 0 Å². The predicted molar refractivity (Wildman–Crippen MR) is 138 cm³/mol. The van der Waals surface area contributed by atoms with Gasteiger partial charge in [-0.05, 0) is 61.7 Å². The maximum absolute atomic E-state index is 6.19. The SMILES string of the molecule is CCN(C)c1ccc(C(SCN)(c2ccccc2)c2ccc(N(CC)CC)cc2)cc1. The van der Waals surface area contributed by atoms with E-state index in [2.05, 4.69) is 116 Å². The maximum atomic E-state index is 6.19. The zero-order valence-electron chi connectivity index (χ0n) is 19.2. The molecular formula is C27H35N3S. The molecule has 3 nitrogen and oxygen atoms in total. The maximum Gasteiger partial charge on any atom is 0.0919 e. The number of nitrogens with zero attached hydrogens (tertiary/aromatic N) is 2. The third-order valence-electron chi connectivity index (χ3n) is 6.07. The van der Waals surface area contributed by atoms with Crippen molar-refractivity contribution in [2.75, 3.05) is 42.4 Å². The molecule has 0 heterocycles. The molecule has 3 rings (SSSR count). The molecule has 164 valence electrons. The fourth-order valence-corrected chi connectivity index (χ4v) is 5.34. The van der Waals surface area contributed by atoms with Gasteiger partial charge in [0.15, 0.2) is 0 Å². The second kappa shape index (κ2) is 10.7. The van der Waals surface area contributed by atoms with Gasteiger partial charge in [-0.15, -0.1) is 11.8 Å². The van der Waals surface area contributed by atoms with Gasteiger partial charge in [0.1, 0.15) is 0 Å². The van der Waals surface area contributed by atoms with Gasteiger partial charge < -0.3 is 15.5 Å². The van der Waals surface area contributed by atoms with Crippen LogP contribution < -0.4 is 15.5 Å². The highest BCUT2D eigenvalue weighted by atomic mass is 32.2. The molecule has 2 N–H and O–H groups in total. The number of anilines is 2. The number of nitrogens with two attached hydrogens (primary N) is 1. The Morgan fingerprint density at radius 3 is 1.61 bits per heavy atom. The first-order valence-corrected chi connectivity index (χ1v) is 12.2. The number of rotatable bonds is 10. The summed E-state index contributed by atoms with van der Waals surface area (Å²) in [5.74, 6) is 0.531. The first kappa shape index (κ1) is 23.2. The van der Waals surface area contributed by atoms with Gasteiger partial charge in [-0.2, -0.15) is 0 Å². The highest BCUT2D eigenvalue weighted by molar-refractivity contribution is 8.00. The predicted octanol–water partition coefficient (Wildman–Crippen LogP) is 5.93. The molecule has 0 aliphatic heterocycles. The topological polar surface area (TPSA) is 32.5 Å². The van der Waals surface area contributed by atoms with Crippen molar-refractivity contribution < 1.29 is 0 Å². The number of hydrogen-bond acceptors (Lipinski definition) is 4. The summed E-state index contributed by atoms with van der Waals surface area (Å²) in [6.07, 6.45) is 0. The van der Waals surface area contributed by atoms with Crippen LogP contribution in [0.3, 0.4) is 0 Å². The van der Waals surface area contributed by atoms with Crippen molar-refractivity contribution in [1.82, 2.24) is 0 Å². The summed E-state index contributed by atoms with van der Waals surface area (Å²) in [6.45, 7) is 9.56. The third kappa shape index (κ3) is 4.76. The summed E-state index contributed by atoms with van der Waals surface area (Å²) in [4.78, 5) is 4.63. The van der Waals surface area contributed by atoms with Gasteiger partial charge in [0, 0.05) is 43.9 Å². The van der Waals surface area contributed by atoms with Crippen LogP contribution in [0.1, 0.15) is 37.5 Å². The molecule has 0 saturated heterocycles. The van der Waals surface area contributed by atoms with E-state index in [0.29, 0.717) is 5.88 Å². The van der Waals surface area contributed by atoms with E-state index in [4.69, 9.17) is 5.73 Å². The summed E-state index contributed by atoms with van der Waals surface area (Å²) in [7, 11) is 2.13. The highest BCUT2D eigenvalue weighted by Gasteiger charge is 2.36. The van der Waals surface area contributed by atoms with Gasteiger partial charge in [-0.25, -0.2) is 0 Å². The Balaban J connectivity index is 2.17. The summed E-state index contributed by atoms with van der Waals surface area (Å²) in [5, 5.41) is 0.